The largest absolute Gasteiger partial charge is 0.481 e. The zero-order valence-electron chi connectivity index (χ0n) is 14.7. The van der Waals surface area contributed by atoms with Crippen LogP contribution in [0.3, 0.4) is 0 Å². The highest BCUT2D eigenvalue weighted by Crippen LogP contribution is 2.37. The Hall–Kier alpha value is -3.04. The van der Waals surface area contributed by atoms with Crippen LogP contribution in [0.1, 0.15) is 29.9 Å². The van der Waals surface area contributed by atoms with Crippen molar-refractivity contribution in [2.75, 3.05) is 11.9 Å². The highest BCUT2D eigenvalue weighted by Gasteiger charge is 2.35. The van der Waals surface area contributed by atoms with Crippen LogP contribution in [0.4, 0.5) is 19.0 Å². The molecule has 0 aliphatic heterocycles. The number of aromatic nitrogens is 4. The number of imidazole rings is 1. The fourth-order valence-electron chi connectivity index (χ4n) is 3.00. The number of hydrogen-bond donors (Lipinski definition) is 3. The lowest BCUT2D eigenvalue weighted by Crippen LogP contribution is -2.14. The van der Waals surface area contributed by atoms with Crippen molar-refractivity contribution in [1.29, 1.82) is 0 Å². The van der Waals surface area contributed by atoms with E-state index in [-0.39, 0.29) is 30.9 Å². The third-order valence-corrected chi connectivity index (χ3v) is 4.16. The number of pyridine rings is 1. The second-order valence-electron chi connectivity index (χ2n) is 6.14. The number of halogens is 3. The van der Waals surface area contributed by atoms with Crippen molar-refractivity contribution in [3.05, 3.63) is 35.3 Å². The molecule has 3 heterocycles. The highest BCUT2D eigenvalue weighted by molar-refractivity contribution is 5.79. The van der Waals surface area contributed by atoms with E-state index in [0.717, 1.165) is 10.5 Å². The van der Waals surface area contributed by atoms with E-state index in [9.17, 15) is 18.0 Å². The molecule has 3 aromatic heterocycles. The van der Waals surface area contributed by atoms with Gasteiger partial charge < -0.3 is 10.4 Å². The molecule has 0 atom stereocenters. The number of nitrogens with one attached hydrogen (secondary N) is 2. The predicted octanol–water partition coefficient (Wildman–Crippen LogP) is 3.64. The van der Waals surface area contributed by atoms with Crippen molar-refractivity contribution in [2.45, 2.75) is 32.9 Å². The van der Waals surface area contributed by atoms with Gasteiger partial charge in [0.25, 0.3) is 0 Å². The number of nitrogens with zero attached hydrogens (tertiary/aromatic N) is 3. The van der Waals surface area contributed by atoms with Gasteiger partial charge in [-0.2, -0.15) is 18.3 Å². The number of H-pyrrole nitrogens is 1. The Morgan fingerprint density at radius 3 is 2.67 bits per heavy atom. The number of hydrogen-bond acceptors (Lipinski definition) is 4. The number of aliphatic carboxylic acids is 1. The first-order chi connectivity index (χ1) is 12.7. The molecule has 0 fully saturated rings. The average molecular weight is 381 g/mol. The molecule has 0 amide bonds. The van der Waals surface area contributed by atoms with Gasteiger partial charge in [-0.15, -0.1) is 0 Å². The summed E-state index contributed by atoms with van der Waals surface area (Å²) in [6.45, 7) is 3.69. The lowest BCUT2D eigenvalue weighted by atomic mass is 10.1. The normalized spacial score (nSPS) is 11.9. The van der Waals surface area contributed by atoms with Crippen molar-refractivity contribution < 1.29 is 23.1 Å². The van der Waals surface area contributed by atoms with E-state index >= 15 is 0 Å². The van der Waals surface area contributed by atoms with Gasteiger partial charge in [-0.05, 0) is 32.4 Å². The molecule has 7 nitrogen and oxygen atoms in total. The molecule has 0 aliphatic carbocycles. The Labute approximate surface area is 152 Å². The molecule has 0 spiro atoms. The van der Waals surface area contributed by atoms with E-state index < -0.39 is 17.8 Å². The molecule has 0 bridgehead atoms. The Balaban J connectivity index is 2.17. The molecule has 0 aromatic carbocycles. The van der Waals surface area contributed by atoms with Gasteiger partial charge in [-0.3, -0.25) is 14.3 Å². The summed E-state index contributed by atoms with van der Waals surface area (Å²) in [4.78, 5) is 15.1. The quantitative estimate of drug-likeness (QED) is 0.567. The average Bonchev–Trinajstić information content (AvgIpc) is 3.10. The van der Waals surface area contributed by atoms with Crippen LogP contribution in [0, 0.1) is 13.8 Å². The summed E-state index contributed by atoms with van der Waals surface area (Å²) in [5, 5.41) is 18.6. The molecule has 10 heteroatoms. The van der Waals surface area contributed by atoms with Gasteiger partial charge in [-0.25, -0.2) is 4.98 Å². The fourth-order valence-corrected chi connectivity index (χ4v) is 3.00. The number of anilines is 1. The molecule has 0 radical (unpaired) electrons. The Morgan fingerprint density at radius 2 is 2.07 bits per heavy atom. The van der Waals surface area contributed by atoms with Gasteiger partial charge in [-0.1, -0.05) is 6.07 Å². The Kier molecular flexibility index (Phi) is 4.81. The molecule has 144 valence electrons. The van der Waals surface area contributed by atoms with Crippen LogP contribution in [-0.2, 0) is 11.0 Å². The predicted molar refractivity (Wildman–Crippen MR) is 92.6 cm³/mol. The minimum Gasteiger partial charge on any atom is -0.481 e. The summed E-state index contributed by atoms with van der Waals surface area (Å²) in [6, 6.07) is 3.78. The van der Waals surface area contributed by atoms with E-state index in [2.05, 4.69) is 20.5 Å². The van der Waals surface area contributed by atoms with E-state index in [0.29, 0.717) is 22.6 Å². The molecular weight excluding hydrogens is 363 g/mol. The first-order valence-electron chi connectivity index (χ1n) is 8.26. The van der Waals surface area contributed by atoms with Crippen LogP contribution >= 0.6 is 0 Å². The maximum atomic E-state index is 13.5. The van der Waals surface area contributed by atoms with E-state index in [4.69, 9.17) is 5.11 Å². The standard InChI is InChI=1S/C17H18F3N5O2/c1-9-14(10(2)24-23-9)15-16(21-8-4-7-13(26)27)25-11(17(18,19)20)5-3-6-12(25)22-15/h3,5-6,21H,4,7-8H2,1-2H3,(H,23,24)(H,26,27). The minimum atomic E-state index is -4.57. The van der Waals surface area contributed by atoms with Gasteiger partial charge in [0.2, 0.25) is 0 Å². The first kappa shape index (κ1) is 18.7. The van der Waals surface area contributed by atoms with Crippen LogP contribution in [0.15, 0.2) is 18.2 Å². The number of rotatable bonds is 6. The smallest absolute Gasteiger partial charge is 0.431 e. The summed E-state index contributed by atoms with van der Waals surface area (Å²) in [6.07, 6.45) is -4.40. The maximum Gasteiger partial charge on any atom is 0.431 e. The molecule has 27 heavy (non-hydrogen) atoms. The fraction of sp³-hybridized carbons (Fsp3) is 0.353. The van der Waals surface area contributed by atoms with Gasteiger partial charge in [0.05, 0.1) is 5.69 Å². The van der Waals surface area contributed by atoms with Crippen molar-refractivity contribution >= 4 is 17.4 Å². The zero-order chi connectivity index (χ0) is 19.8. The number of carboxylic acids is 1. The Morgan fingerprint density at radius 1 is 1.33 bits per heavy atom. The van der Waals surface area contributed by atoms with Crippen molar-refractivity contribution in [3.63, 3.8) is 0 Å². The number of carboxylic acid groups (broad SMARTS) is 1. The molecule has 3 rings (SSSR count). The van der Waals surface area contributed by atoms with E-state index in [1.165, 1.54) is 12.1 Å². The number of aryl methyl sites for hydroxylation is 2. The van der Waals surface area contributed by atoms with E-state index in [1.807, 2.05) is 0 Å². The summed E-state index contributed by atoms with van der Waals surface area (Å²) < 4.78 is 41.6. The lowest BCUT2D eigenvalue weighted by Gasteiger charge is -2.14. The number of fused-ring (bicyclic) bond motifs is 1. The third-order valence-electron chi connectivity index (χ3n) is 4.16. The summed E-state index contributed by atoms with van der Waals surface area (Å²) >= 11 is 0. The van der Waals surface area contributed by atoms with Crippen LogP contribution in [0.5, 0.6) is 0 Å². The van der Waals surface area contributed by atoms with Crippen LogP contribution in [0.25, 0.3) is 16.9 Å². The van der Waals surface area contributed by atoms with Crippen molar-refractivity contribution in [1.82, 2.24) is 19.6 Å². The van der Waals surface area contributed by atoms with E-state index in [1.54, 1.807) is 13.8 Å². The third kappa shape index (κ3) is 3.60. The SMILES string of the molecule is Cc1n[nH]c(C)c1-c1nc2cccc(C(F)(F)F)n2c1NCCCC(=O)O. The molecule has 3 aromatic rings. The van der Waals surface area contributed by atoms with Crippen LogP contribution in [0.2, 0.25) is 0 Å². The number of aromatic amines is 1. The minimum absolute atomic E-state index is 0.0883. The zero-order valence-corrected chi connectivity index (χ0v) is 14.7. The molecule has 0 saturated carbocycles. The first-order valence-corrected chi connectivity index (χ1v) is 8.26. The molecular formula is C17H18F3N5O2. The highest BCUT2D eigenvalue weighted by atomic mass is 19.4. The molecule has 0 saturated heterocycles. The molecule has 3 N–H and O–H groups in total. The second-order valence-corrected chi connectivity index (χ2v) is 6.14. The van der Waals surface area contributed by atoms with Crippen LogP contribution < -0.4 is 5.32 Å². The summed E-state index contributed by atoms with van der Waals surface area (Å²) in [5.41, 5.74) is 1.52. The van der Waals surface area contributed by atoms with Crippen molar-refractivity contribution in [3.8, 4) is 11.3 Å². The van der Waals surface area contributed by atoms with Gasteiger partial charge in [0.15, 0.2) is 0 Å². The monoisotopic (exact) mass is 381 g/mol. The van der Waals surface area contributed by atoms with Gasteiger partial charge in [0, 0.05) is 24.2 Å². The second kappa shape index (κ2) is 6.93. The number of alkyl halides is 3. The topological polar surface area (TPSA) is 95.3 Å². The van der Waals surface area contributed by atoms with Crippen LogP contribution in [-0.4, -0.2) is 37.2 Å². The summed E-state index contributed by atoms with van der Waals surface area (Å²) in [7, 11) is 0. The van der Waals surface area contributed by atoms with Crippen molar-refractivity contribution in [2.24, 2.45) is 0 Å². The molecule has 0 unspecified atom stereocenters. The maximum absolute atomic E-state index is 13.5. The van der Waals surface area contributed by atoms with Gasteiger partial charge in [0.1, 0.15) is 22.9 Å². The summed E-state index contributed by atoms with van der Waals surface area (Å²) in [5.74, 6) is -0.802. The number of carbonyl (C=O) groups is 1. The Bertz CT molecular complexity index is 971. The molecule has 0 aliphatic rings. The lowest BCUT2D eigenvalue weighted by molar-refractivity contribution is -0.142. The van der Waals surface area contributed by atoms with Gasteiger partial charge >= 0.3 is 12.1 Å².